The molecule has 1 aliphatic rings. The van der Waals surface area contributed by atoms with E-state index in [0.29, 0.717) is 0 Å². The van der Waals surface area contributed by atoms with Gasteiger partial charge in [-0.25, -0.2) is 9.18 Å². The maximum absolute atomic E-state index is 14.6. The maximum Gasteiger partial charge on any atom is 0.360 e. The lowest BCUT2D eigenvalue weighted by Gasteiger charge is -2.42. The summed E-state index contributed by atoms with van der Waals surface area (Å²) in [7, 11) is -2.46. The van der Waals surface area contributed by atoms with Gasteiger partial charge < -0.3 is 19.0 Å². The van der Waals surface area contributed by atoms with Crippen LogP contribution in [0, 0.1) is 0 Å². The van der Waals surface area contributed by atoms with Crippen LogP contribution in [0.3, 0.4) is 0 Å². The van der Waals surface area contributed by atoms with Crippen LogP contribution in [0.25, 0.3) is 0 Å². The van der Waals surface area contributed by atoms with E-state index < -0.39 is 37.4 Å². The molecule has 22 heavy (non-hydrogen) atoms. The lowest BCUT2D eigenvalue weighted by atomic mass is 10.1. The van der Waals surface area contributed by atoms with Gasteiger partial charge >= 0.3 is 11.1 Å². The van der Waals surface area contributed by atoms with Gasteiger partial charge in [0.15, 0.2) is 14.1 Å². The van der Waals surface area contributed by atoms with Crippen LogP contribution in [0.15, 0.2) is 0 Å². The van der Waals surface area contributed by atoms with Crippen LogP contribution in [0.2, 0.25) is 18.1 Å². The van der Waals surface area contributed by atoms with Crippen molar-refractivity contribution >= 4 is 25.9 Å². The molecule has 0 aromatic carbocycles. The van der Waals surface area contributed by atoms with Crippen LogP contribution in [0.4, 0.5) is 4.39 Å². The molecule has 0 aliphatic carbocycles. The normalized spacial score (nSPS) is 26.5. The third-order valence-corrected chi connectivity index (χ3v) is 9.07. The SMILES string of the molecule is CC1(C)OC[C@H](C(O[Si](C)(C)C(C)(C)C)[C@](F)(Cl)C(=O)O)O1. The summed E-state index contributed by atoms with van der Waals surface area (Å²) >= 11 is 5.66. The third kappa shape index (κ3) is 4.20. The second-order valence-electron chi connectivity index (χ2n) is 7.59. The van der Waals surface area contributed by atoms with Gasteiger partial charge in [0.25, 0.3) is 0 Å². The standard InChI is InChI=1S/C14H26ClFO5Si/c1-12(2,3)22(6,7)21-10(14(15,16)11(17)18)9-8-19-13(4,5)20-9/h9-10H,8H2,1-7H3,(H,17,18)/t9-,10?,14-/m1/s1. The van der Waals surface area contributed by atoms with E-state index in [1.807, 2.05) is 33.9 Å². The Bertz CT molecular complexity index is 433. The van der Waals surface area contributed by atoms with Crippen molar-refractivity contribution in [1.82, 2.24) is 0 Å². The van der Waals surface area contributed by atoms with Crippen molar-refractivity contribution in [3.8, 4) is 0 Å². The van der Waals surface area contributed by atoms with Gasteiger partial charge in [-0.1, -0.05) is 32.4 Å². The summed E-state index contributed by atoms with van der Waals surface area (Å²) in [5, 5.41) is 5.82. The Morgan fingerprint density at radius 2 is 1.95 bits per heavy atom. The second kappa shape index (κ2) is 6.01. The largest absolute Gasteiger partial charge is 0.478 e. The molecule has 1 aliphatic heterocycles. The molecule has 1 rings (SSSR count). The molecule has 3 atom stereocenters. The highest BCUT2D eigenvalue weighted by molar-refractivity contribution is 6.74. The summed E-state index contributed by atoms with van der Waals surface area (Å²) in [5.74, 6) is -2.71. The minimum Gasteiger partial charge on any atom is -0.478 e. The number of hydrogen-bond acceptors (Lipinski definition) is 4. The van der Waals surface area contributed by atoms with Crippen molar-refractivity contribution in [2.45, 2.75) is 75.9 Å². The Balaban J connectivity index is 3.12. The molecule has 0 aromatic heterocycles. The Morgan fingerprint density at radius 3 is 2.27 bits per heavy atom. The van der Waals surface area contributed by atoms with E-state index in [9.17, 15) is 9.18 Å². The molecule has 1 unspecified atom stereocenters. The van der Waals surface area contributed by atoms with Crippen molar-refractivity contribution in [3.63, 3.8) is 0 Å². The number of aliphatic carboxylic acids is 1. The van der Waals surface area contributed by atoms with Gasteiger partial charge in [-0.2, -0.15) is 0 Å². The molecule has 1 saturated heterocycles. The van der Waals surface area contributed by atoms with Crippen molar-refractivity contribution in [2.75, 3.05) is 6.61 Å². The number of ether oxygens (including phenoxy) is 2. The highest BCUT2D eigenvalue weighted by atomic mass is 35.5. The number of rotatable bonds is 5. The Morgan fingerprint density at radius 1 is 1.45 bits per heavy atom. The van der Waals surface area contributed by atoms with E-state index in [-0.39, 0.29) is 11.6 Å². The van der Waals surface area contributed by atoms with Crippen LogP contribution >= 0.6 is 11.6 Å². The van der Waals surface area contributed by atoms with Gasteiger partial charge in [0.2, 0.25) is 0 Å². The van der Waals surface area contributed by atoms with Crippen molar-refractivity contribution in [1.29, 1.82) is 0 Å². The average Bonchev–Trinajstić information content (AvgIpc) is 2.64. The van der Waals surface area contributed by atoms with Crippen LogP contribution in [-0.2, 0) is 18.7 Å². The number of carboxylic acid groups (broad SMARTS) is 1. The molecule has 0 spiro atoms. The summed E-state index contributed by atoms with van der Waals surface area (Å²) in [6, 6.07) is 0. The number of carboxylic acids is 1. The minimum atomic E-state index is -3.08. The van der Waals surface area contributed by atoms with Gasteiger partial charge in [-0.05, 0) is 32.0 Å². The van der Waals surface area contributed by atoms with Gasteiger partial charge in [0.1, 0.15) is 12.2 Å². The fraction of sp³-hybridized carbons (Fsp3) is 0.929. The van der Waals surface area contributed by atoms with E-state index in [0.717, 1.165) is 0 Å². The monoisotopic (exact) mass is 356 g/mol. The lowest BCUT2D eigenvalue weighted by Crippen LogP contribution is -2.56. The number of hydrogen-bond donors (Lipinski definition) is 1. The van der Waals surface area contributed by atoms with Gasteiger partial charge in [0, 0.05) is 0 Å². The first-order chi connectivity index (χ1) is 9.60. The Kier molecular flexibility index (Phi) is 5.42. The first-order valence-electron chi connectivity index (χ1n) is 7.21. The smallest absolute Gasteiger partial charge is 0.360 e. The molecule has 8 heteroatoms. The number of carbonyl (C=O) groups is 1. The molecule has 5 nitrogen and oxygen atoms in total. The summed E-state index contributed by atoms with van der Waals surface area (Å²) in [6.07, 6.45) is -2.34. The molecule has 0 amide bonds. The fourth-order valence-electron chi connectivity index (χ4n) is 1.86. The Labute approximate surface area is 137 Å². The highest BCUT2D eigenvalue weighted by Crippen LogP contribution is 2.42. The van der Waals surface area contributed by atoms with Crippen LogP contribution in [0.5, 0.6) is 0 Å². The minimum absolute atomic E-state index is 0.0258. The number of alkyl halides is 2. The quantitative estimate of drug-likeness (QED) is 0.603. The zero-order valence-electron chi connectivity index (χ0n) is 14.2. The van der Waals surface area contributed by atoms with Gasteiger partial charge in [-0.3, -0.25) is 0 Å². The van der Waals surface area contributed by atoms with Gasteiger partial charge in [0.05, 0.1) is 6.61 Å². The fourth-order valence-corrected chi connectivity index (χ4v) is 3.43. The van der Waals surface area contributed by atoms with Crippen LogP contribution in [-0.4, -0.2) is 49.1 Å². The summed E-state index contributed by atoms with van der Waals surface area (Å²) in [4.78, 5) is 11.2. The predicted octanol–water partition coefficient (Wildman–Crippen LogP) is 3.52. The summed E-state index contributed by atoms with van der Waals surface area (Å²) < 4.78 is 31.6. The molecular weight excluding hydrogens is 331 g/mol. The van der Waals surface area contributed by atoms with Crippen LogP contribution in [0.1, 0.15) is 34.6 Å². The van der Waals surface area contributed by atoms with Crippen molar-refractivity contribution in [2.24, 2.45) is 0 Å². The Hall–Kier alpha value is -0.213. The first kappa shape index (κ1) is 19.8. The molecule has 1 heterocycles. The van der Waals surface area contributed by atoms with Crippen molar-refractivity contribution in [3.05, 3.63) is 0 Å². The molecule has 1 fully saturated rings. The summed E-state index contributed by atoms with van der Waals surface area (Å²) in [5.41, 5.74) is 0. The molecule has 1 N–H and O–H groups in total. The molecule has 0 bridgehead atoms. The molecule has 0 radical (unpaired) electrons. The molecular formula is C14H26ClFO5Si. The molecule has 0 aromatic rings. The van der Waals surface area contributed by atoms with E-state index in [2.05, 4.69) is 0 Å². The number of halogens is 2. The lowest BCUT2D eigenvalue weighted by molar-refractivity contribution is -0.169. The average molecular weight is 357 g/mol. The van der Waals surface area contributed by atoms with Crippen molar-refractivity contribution < 1.29 is 28.2 Å². The first-order valence-corrected chi connectivity index (χ1v) is 10.5. The predicted molar refractivity (Wildman–Crippen MR) is 84.3 cm³/mol. The van der Waals surface area contributed by atoms with E-state index in [4.69, 9.17) is 30.6 Å². The second-order valence-corrected chi connectivity index (χ2v) is 12.9. The van der Waals surface area contributed by atoms with E-state index in [1.54, 1.807) is 13.8 Å². The van der Waals surface area contributed by atoms with Crippen LogP contribution < -0.4 is 0 Å². The van der Waals surface area contributed by atoms with E-state index >= 15 is 0 Å². The molecule has 130 valence electrons. The van der Waals surface area contributed by atoms with Gasteiger partial charge in [-0.15, -0.1) is 0 Å². The topological polar surface area (TPSA) is 65.0 Å². The zero-order valence-corrected chi connectivity index (χ0v) is 16.0. The third-order valence-electron chi connectivity index (χ3n) is 4.24. The summed E-state index contributed by atoms with van der Waals surface area (Å²) in [6.45, 7) is 13.1. The van der Waals surface area contributed by atoms with E-state index in [1.165, 1.54) is 0 Å². The highest BCUT2D eigenvalue weighted by Gasteiger charge is 2.56. The maximum atomic E-state index is 14.6. The zero-order chi connectivity index (χ0) is 17.6. The molecule has 0 saturated carbocycles.